The van der Waals surface area contributed by atoms with Gasteiger partial charge in [0.05, 0.1) is 10.6 Å². The Labute approximate surface area is 169 Å². The lowest BCUT2D eigenvalue weighted by Crippen LogP contribution is -2.16. The molecule has 0 saturated heterocycles. The van der Waals surface area contributed by atoms with E-state index in [1.807, 2.05) is 6.92 Å². The summed E-state index contributed by atoms with van der Waals surface area (Å²) >= 11 is 0. The van der Waals surface area contributed by atoms with E-state index >= 15 is 0 Å². The molecule has 0 fully saturated rings. The first-order valence-corrected chi connectivity index (χ1v) is 10.1. The molecule has 0 amide bonds. The number of hydrogen-bond acceptors (Lipinski definition) is 5. The topological polar surface area (TPSA) is 74.1 Å². The van der Waals surface area contributed by atoms with E-state index in [1.54, 1.807) is 18.2 Å². The third-order valence-corrected chi connectivity index (χ3v) is 6.07. The minimum atomic E-state index is -4.79. The maximum atomic E-state index is 13.0. The van der Waals surface area contributed by atoms with E-state index in [-0.39, 0.29) is 16.3 Å². The first-order valence-electron chi connectivity index (χ1n) is 8.66. The summed E-state index contributed by atoms with van der Waals surface area (Å²) in [6, 6.07) is 13.1. The molecule has 30 heavy (non-hydrogen) atoms. The number of ether oxygens (including phenoxy) is 1. The van der Waals surface area contributed by atoms with Crippen LogP contribution in [0.25, 0.3) is 22.3 Å². The average molecular weight is 433 g/mol. The lowest BCUT2D eigenvalue weighted by Gasteiger charge is -2.10. The van der Waals surface area contributed by atoms with Crippen LogP contribution in [0.1, 0.15) is 5.56 Å². The first-order chi connectivity index (χ1) is 14.1. The minimum absolute atomic E-state index is 0.111. The summed E-state index contributed by atoms with van der Waals surface area (Å²) in [5.74, 6) is -0.365. The highest BCUT2D eigenvalue weighted by Gasteiger charge is 2.31. The second kappa shape index (κ2) is 7.13. The van der Waals surface area contributed by atoms with Crippen molar-refractivity contribution in [3.63, 3.8) is 0 Å². The number of hydrogen-bond donors (Lipinski definition) is 0. The Morgan fingerprint density at radius 1 is 0.933 bits per heavy atom. The Morgan fingerprint density at radius 2 is 1.60 bits per heavy atom. The van der Waals surface area contributed by atoms with Gasteiger partial charge in [-0.2, -0.15) is 0 Å². The lowest BCUT2D eigenvalue weighted by atomic mass is 10.1. The van der Waals surface area contributed by atoms with E-state index in [2.05, 4.69) is 14.7 Å². The number of alkyl halides is 3. The van der Waals surface area contributed by atoms with Crippen molar-refractivity contribution in [2.24, 2.45) is 0 Å². The van der Waals surface area contributed by atoms with Crippen LogP contribution in [-0.4, -0.2) is 28.7 Å². The molecule has 0 saturated carbocycles. The van der Waals surface area contributed by atoms with Crippen molar-refractivity contribution >= 4 is 21.1 Å². The average Bonchev–Trinajstić information content (AvgIpc) is 3.13. The van der Waals surface area contributed by atoms with Crippen LogP contribution in [-0.2, 0) is 10.0 Å². The van der Waals surface area contributed by atoms with Gasteiger partial charge in [0.2, 0.25) is 0 Å². The Kier molecular flexibility index (Phi) is 4.73. The van der Waals surface area contributed by atoms with Gasteiger partial charge in [-0.1, -0.05) is 17.7 Å². The van der Waals surface area contributed by atoms with Crippen molar-refractivity contribution in [2.45, 2.75) is 18.2 Å². The molecule has 4 rings (SSSR count). The SMILES string of the molecule is Cc1ccc(S(=O)(=O)n2ccc3c(-c4ccc(OC(F)(F)F)cc4)ncnc32)cc1. The molecule has 0 unspecified atom stereocenters. The standard InChI is InChI=1S/C20H14F3N3O3S/c1-13-2-8-16(9-3-13)30(27,28)26-11-10-17-18(24-12-25-19(17)26)14-4-6-15(7-5-14)29-20(21,22)23/h2-12H,1H3. The number of benzene rings is 2. The van der Waals surface area contributed by atoms with Crippen LogP contribution in [0.15, 0.2) is 72.0 Å². The van der Waals surface area contributed by atoms with Crippen molar-refractivity contribution in [2.75, 3.05) is 0 Å². The molecule has 4 aromatic rings. The van der Waals surface area contributed by atoms with E-state index in [4.69, 9.17) is 0 Å². The molecular weight excluding hydrogens is 419 g/mol. The first kappa shape index (κ1) is 19.9. The van der Waals surface area contributed by atoms with Crippen molar-refractivity contribution in [1.82, 2.24) is 13.9 Å². The Bertz CT molecular complexity index is 1310. The lowest BCUT2D eigenvalue weighted by molar-refractivity contribution is -0.274. The minimum Gasteiger partial charge on any atom is -0.406 e. The van der Waals surface area contributed by atoms with Crippen molar-refractivity contribution < 1.29 is 26.3 Å². The Morgan fingerprint density at radius 3 is 2.23 bits per heavy atom. The smallest absolute Gasteiger partial charge is 0.406 e. The summed E-state index contributed by atoms with van der Waals surface area (Å²) in [6.07, 6.45) is -2.20. The van der Waals surface area contributed by atoms with Gasteiger partial charge in [-0.05, 0) is 49.4 Å². The summed E-state index contributed by atoms with van der Waals surface area (Å²) in [7, 11) is -3.88. The van der Waals surface area contributed by atoms with E-state index in [0.717, 1.165) is 21.7 Å². The summed E-state index contributed by atoms with van der Waals surface area (Å²) in [5.41, 5.74) is 1.96. The molecule has 0 radical (unpaired) electrons. The van der Waals surface area contributed by atoms with Gasteiger partial charge >= 0.3 is 6.36 Å². The third-order valence-electron chi connectivity index (χ3n) is 4.39. The highest BCUT2D eigenvalue weighted by atomic mass is 32.2. The van der Waals surface area contributed by atoms with Crippen LogP contribution in [0.4, 0.5) is 13.2 Å². The zero-order valence-electron chi connectivity index (χ0n) is 15.5. The normalized spacial score (nSPS) is 12.3. The monoisotopic (exact) mass is 433 g/mol. The molecule has 2 aromatic heterocycles. The van der Waals surface area contributed by atoms with Crippen LogP contribution >= 0.6 is 0 Å². The second-order valence-corrected chi connectivity index (χ2v) is 8.28. The summed E-state index contributed by atoms with van der Waals surface area (Å²) in [4.78, 5) is 8.39. The Hall–Kier alpha value is -3.40. The highest BCUT2D eigenvalue weighted by molar-refractivity contribution is 7.90. The molecule has 2 aromatic carbocycles. The summed E-state index contributed by atoms with van der Waals surface area (Å²) < 4.78 is 68.0. The quantitative estimate of drug-likeness (QED) is 0.472. The molecule has 154 valence electrons. The van der Waals surface area contributed by atoms with Gasteiger partial charge in [0.25, 0.3) is 10.0 Å². The van der Waals surface area contributed by atoms with Crippen LogP contribution in [0.2, 0.25) is 0 Å². The fraction of sp³-hybridized carbons (Fsp3) is 0.100. The largest absolute Gasteiger partial charge is 0.573 e. The number of rotatable bonds is 4. The van der Waals surface area contributed by atoms with Gasteiger partial charge in [0, 0.05) is 17.1 Å². The molecule has 0 bridgehead atoms. The van der Waals surface area contributed by atoms with E-state index in [0.29, 0.717) is 16.6 Å². The fourth-order valence-corrected chi connectivity index (χ4v) is 4.29. The molecular formula is C20H14F3N3O3S. The van der Waals surface area contributed by atoms with Gasteiger partial charge in [0.1, 0.15) is 12.1 Å². The molecule has 2 heterocycles. The number of fused-ring (bicyclic) bond motifs is 1. The van der Waals surface area contributed by atoms with Crippen LogP contribution in [0, 0.1) is 6.92 Å². The molecule has 0 aliphatic heterocycles. The van der Waals surface area contributed by atoms with E-state index in [9.17, 15) is 21.6 Å². The van der Waals surface area contributed by atoms with Gasteiger partial charge in [-0.3, -0.25) is 0 Å². The number of aromatic nitrogens is 3. The maximum absolute atomic E-state index is 13.0. The third kappa shape index (κ3) is 3.73. The van der Waals surface area contributed by atoms with E-state index < -0.39 is 16.4 Å². The van der Waals surface area contributed by atoms with Crippen molar-refractivity contribution in [3.8, 4) is 17.0 Å². The number of nitrogens with zero attached hydrogens (tertiary/aromatic N) is 3. The zero-order valence-corrected chi connectivity index (χ0v) is 16.3. The van der Waals surface area contributed by atoms with Gasteiger partial charge in [-0.25, -0.2) is 22.4 Å². The van der Waals surface area contributed by atoms with Crippen LogP contribution < -0.4 is 4.74 Å². The molecule has 0 aliphatic carbocycles. The van der Waals surface area contributed by atoms with Crippen LogP contribution in [0.3, 0.4) is 0 Å². The number of aryl methyl sites for hydroxylation is 1. The fourth-order valence-electron chi connectivity index (χ4n) is 2.99. The number of halogens is 3. The summed E-state index contributed by atoms with van der Waals surface area (Å²) in [5, 5.41) is 0.442. The predicted molar refractivity (Wildman–Crippen MR) is 103 cm³/mol. The molecule has 0 N–H and O–H groups in total. The molecule has 0 aliphatic rings. The molecule has 6 nitrogen and oxygen atoms in total. The van der Waals surface area contributed by atoms with E-state index in [1.165, 1.54) is 36.8 Å². The van der Waals surface area contributed by atoms with Gasteiger partial charge in [0.15, 0.2) is 5.65 Å². The summed E-state index contributed by atoms with van der Waals surface area (Å²) in [6.45, 7) is 1.85. The molecule has 0 atom stereocenters. The molecule has 10 heteroatoms. The van der Waals surface area contributed by atoms with Crippen molar-refractivity contribution in [3.05, 3.63) is 72.7 Å². The van der Waals surface area contributed by atoms with Gasteiger partial charge < -0.3 is 4.74 Å². The van der Waals surface area contributed by atoms with Gasteiger partial charge in [-0.15, -0.1) is 13.2 Å². The van der Waals surface area contributed by atoms with Crippen LogP contribution in [0.5, 0.6) is 5.75 Å². The predicted octanol–water partition coefficient (Wildman–Crippen LogP) is 4.54. The maximum Gasteiger partial charge on any atom is 0.573 e. The highest BCUT2D eigenvalue weighted by Crippen LogP contribution is 2.30. The van der Waals surface area contributed by atoms with Crippen molar-refractivity contribution in [1.29, 1.82) is 0 Å². The second-order valence-electron chi connectivity index (χ2n) is 6.46. The Balaban J connectivity index is 1.76. The molecule has 0 spiro atoms. The zero-order chi connectivity index (χ0) is 21.5.